The Balaban J connectivity index is 1.80. The number of nitrogens with one attached hydrogen (secondary N) is 2. The summed E-state index contributed by atoms with van der Waals surface area (Å²) in [5, 5.41) is 5.92. The fourth-order valence-electron chi connectivity index (χ4n) is 4.17. The van der Waals surface area contributed by atoms with Crippen LogP contribution in [-0.4, -0.2) is 47.3 Å². The lowest BCUT2D eigenvalue weighted by Gasteiger charge is -2.32. The molecule has 1 aliphatic rings. The van der Waals surface area contributed by atoms with Gasteiger partial charge in [-0.3, -0.25) is 14.4 Å². The molecular weight excluding hydrogens is 416 g/mol. The molecule has 0 radical (unpaired) electrons. The van der Waals surface area contributed by atoms with Crippen LogP contribution >= 0.6 is 0 Å². The first-order valence-corrected chi connectivity index (χ1v) is 11.6. The van der Waals surface area contributed by atoms with Gasteiger partial charge in [0.2, 0.25) is 17.7 Å². The molecule has 176 valence electrons. The highest BCUT2D eigenvalue weighted by molar-refractivity contribution is 5.93. The Hall–Kier alpha value is -3.19. The molecule has 2 aromatic carbocycles. The SMILES string of the molecule is CC(C)[C@H](NC(=O)[C@H](C)N)C(=O)N1CCC[C@@H]1C(=O)NC(c1ccccc1)c1ccccc1. The summed E-state index contributed by atoms with van der Waals surface area (Å²) in [4.78, 5) is 40.6. The van der Waals surface area contributed by atoms with Gasteiger partial charge in [-0.05, 0) is 36.8 Å². The molecule has 1 saturated heterocycles. The summed E-state index contributed by atoms with van der Waals surface area (Å²) in [5.74, 6) is -0.950. The molecule has 7 nitrogen and oxygen atoms in total. The highest BCUT2D eigenvalue weighted by Crippen LogP contribution is 2.25. The van der Waals surface area contributed by atoms with Gasteiger partial charge in [0.05, 0.1) is 12.1 Å². The van der Waals surface area contributed by atoms with Crippen LogP contribution in [0.5, 0.6) is 0 Å². The van der Waals surface area contributed by atoms with Crippen LogP contribution in [0, 0.1) is 5.92 Å². The first kappa shape index (κ1) is 24.5. The average molecular weight is 451 g/mol. The summed E-state index contributed by atoms with van der Waals surface area (Å²) in [5.41, 5.74) is 7.62. The number of carbonyl (C=O) groups excluding carboxylic acids is 3. The third-order valence-corrected chi connectivity index (χ3v) is 6.03. The minimum atomic E-state index is -0.726. The Labute approximate surface area is 195 Å². The molecular formula is C26H34N4O3. The van der Waals surface area contributed by atoms with Crippen molar-refractivity contribution in [2.75, 3.05) is 6.54 Å². The Morgan fingerprint density at radius 1 is 0.909 bits per heavy atom. The lowest BCUT2D eigenvalue weighted by atomic mass is 9.98. The average Bonchev–Trinajstić information content (AvgIpc) is 3.31. The number of likely N-dealkylation sites (tertiary alicyclic amines) is 1. The summed E-state index contributed by atoms with van der Waals surface area (Å²) in [6, 6.07) is 17.2. The maximum atomic E-state index is 13.4. The van der Waals surface area contributed by atoms with Crippen molar-refractivity contribution in [2.45, 2.75) is 57.8 Å². The molecule has 1 aliphatic heterocycles. The number of carbonyl (C=O) groups is 3. The Kier molecular flexibility index (Phi) is 8.22. The van der Waals surface area contributed by atoms with Gasteiger partial charge in [0.15, 0.2) is 0 Å². The van der Waals surface area contributed by atoms with E-state index in [-0.39, 0.29) is 29.7 Å². The van der Waals surface area contributed by atoms with E-state index < -0.39 is 18.1 Å². The van der Waals surface area contributed by atoms with Crippen molar-refractivity contribution in [3.63, 3.8) is 0 Å². The fraction of sp³-hybridized carbons (Fsp3) is 0.423. The second-order valence-corrected chi connectivity index (χ2v) is 8.97. The summed E-state index contributed by atoms with van der Waals surface area (Å²) in [6.45, 7) is 5.80. The Morgan fingerprint density at radius 3 is 1.94 bits per heavy atom. The number of hydrogen-bond acceptors (Lipinski definition) is 4. The fourth-order valence-corrected chi connectivity index (χ4v) is 4.17. The molecule has 1 fully saturated rings. The Morgan fingerprint density at radius 2 is 1.45 bits per heavy atom. The van der Waals surface area contributed by atoms with Gasteiger partial charge < -0.3 is 21.3 Å². The van der Waals surface area contributed by atoms with Crippen molar-refractivity contribution in [1.82, 2.24) is 15.5 Å². The maximum absolute atomic E-state index is 13.4. The summed E-state index contributed by atoms with van der Waals surface area (Å²) < 4.78 is 0. The third-order valence-electron chi connectivity index (χ3n) is 6.03. The van der Waals surface area contributed by atoms with E-state index in [1.165, 1.54) is 0 Å². The molecule has 2 aromatic rings. The van der Waals surface area contributed by atoms with Crippen LogP contribution < -0.4 is 16.4 Å². The van der Waals surface area contributed by atoms with Crippen molar-refractivity contribution in [3.05, 3.63) is 71.8 Å². The van der Waals surface area contributed by atoms with E-state index in [0.717, 1.165) is 17.5 Å². The van der Waals surface area contributed by atoms with Crippen molar-refractivity contribution in [3.8, 4) is 0 Å². The highest BCUT2D eigenvalue weighted by atomic mass is 16.2. The maximum Gasteiger partial charge on any atom is 0.246 e. The van der Waals surface area contributed by atoms with Gasteiger partial charge in [-0.25, -0.2) is 0 Å². The number of hydrogen-bond donors (Lipinski definition) is 3. The van der Waals surface area contributed by atoms with E-state index >= 15 is 0 Å². The summed E-state index contributed by atoms with van der Waals surface area (Å²) in [7, 11) is 0. The number of nitrogens with two attached hydrogens (primary N) is 1. The van der Waals surface area contributed by atoms with Gasteiger partial charge in [-0.2, -0.15) is 0 Å². The second-order valence-electron chi connectivity index (χ2n) is 8.97. The van der Waals surface area contributed by atoms with E-state index in [9.17, 15) is 14.4 Å². The zero-order valence-electron chi connectivity index (χ0n) is 19.5. The van der Waals surface area contributed by atoms with Crippen molar-refractivity contribution in [1.29, 1.82) is 0 Å². The van der Waals surface area contributed by atoms with Gasteiger partial charge >= 0.3 is 0 Å². The first-order chi connectivity index (χ1) is 15.8. The van der Waals surface area contributed by atoms with E-state index in [2.05, 4.69) is 10.6 Å². The number of benzene rings is 2. The Bertz CT molecular complexity index is 907. The smallest absolute Gasteiger partial charge is 0.246 e. The van der Waals surface area contributed by atoms with Gasteiger partial charge in [-0.1, -0.05) is 74.5 Å². The minimum Gasteiger partial charge on any atom is -0.343 e. The monoisotopic (exact) mass is 450 g/mol. The van der Waals surface area contributed by atoms with Crippen molar-refractivity contribution in [2.24, 2.45) is 11.7 Å². The standard InChI is InChI=1S/C26H34N4O3/c1-17(2)22(28-24(31)18(3)27)26(33)30-16-10-15-21(30)25(32)29-23(19-11-6-4-7-12-19)20-13-8-5-9-14-20/h4-9,11-14,17-18,21-23H,10,15-16,27H2,1-3H3,(H,28,31)(H,29,32)/t18-,21+,22-/m0/s1. The zero-order valence-corrected chi connectivity index (χ0v) is 19.5. The van der Waals surface area contributed by atoms with Crippen LogP contribution in [-0.2, 0) is 14.4 Å². The summed E-state index contributed by atoms with van der Waals surface area (Å²) in [6.07, 6.45) is 1.32. The van der Waals surface area contributed by atoms with Gasteiger partial charge in [0.1, 0.15) is 12.1 Å². The molecule has 3 rings (SSSR count). The molecule has 0 saturated carbocycles. The largest absolute Gasteiger partial charge is 0.343 e. The van der Waals surface area contributed by atoms with E-state index in [4.69, 9.17) is 5.73 Å². The molecule has 33 heavy (non-hydrogen) atoms. The van der Waals surface area contributed by atoms with Crippen molar-refractivity contribution >= 4 is 17.7 Å². The molecule has 3 atom stereocenters. The first-order valence-electron chi connectivity index (χ1n) is 11.6. The highest BCUT2D eigenvalue weighted by Gasteiger charge is 2.39. The number of amides is 3. The van der Waals surface area contributed by atoms with Gasteiger partial charge in [-0.15, -0.1) is 0 Å². The lowest BCUT2D eigenvalue weighted by Crippen LogP contribution is -2.57. The molecule has 3 amide bonds. The number of nitrogens with zero attached hydrogens (tertiary/aromatic N) is 1. The van der Waals surface area contributed by atoms with Gasteiger partial charge in [0, 0.05) is 6.54 Å². The normalized spacial score (nSPS) is 17.6. The third kappa shape index (κ3) is 5.99. The molecule has 0 bridgehead atoms. The molecule has 0 aromatic heterocycles. The molecule has 0 unspecified atom stereocenters. The second kappa shape index (κ2) is 11.1. The topological polar surface area (TPSA) is 105 Å². The van der Waals surface area contributed by atoms with Crippen molar-refractivity contribution < 1.29 is 14.4 Å². The lowest BCUT2D eigenvalue weighted by molar-refractivity contribution is -0.142. The molecule has 7 heteroatoms. The predicted octanol–water partition coefficient (Wildman–Crippen LogP) is 2.37. The summed E-state index contributed by atoms with van der Waals surface area (Å²) >= 11 is 0. The zero-order chi connectivity index (χ0) is 24.0. The molecule has 0 spiro atoms. The van der Waals surface area contributed by atoms with E-state index in [1.54, 1.807) is 11.8 Å². The van der Waals surface area contributed by atoms with Crippen LogP contribution in [0.2, 0.25) is 0 Å². The minimum absolute atomic E-state index is 0.133. The van der Waals surface area contributed by atoms with Crippen LogP contribution in [0.15, 0.2) is 60.7 Å². The molecule has 0 aliphatic carbocycles. The molecule has 4 N–H and O–H groups in total. The predicted molar refractivity (Wildman–Crippen MR) is 128 cm³/mol. The van der Waals surface area contributed by atoms with Crippen LogP contribution in [0.1, 0.15) is 50.8 Å². The van der Waals surface area contributed by atoms with Gasteiger partial charge in [0.25, 0.3) is 0 Å². The van der Waals surface area contributed by atoms with E-state index in [1.807, 2.05) is 74.5 Å². The van der Waals surface area contributed by atoms with Crippen LogP contribution in [0.3, 0.4) is 0 Å². The van der Waals surface area contributed by atoms with Crippen LogP contribution in [0.4, 0.5) is 0 Å². The quantitative estimate of drug-likeness (QED) is 0.574. The molecule has 1 heterocycles. The van der Waals surface area contributed by atoms with Crippen LogP contribution in [0.25, 0.3) is 0 Å². The van der Waals surface area contributed by atoms with E-state index in [0.29, 0.717) is 13.0 Å². The number of rotatable bonds is 8.